The van der Waals surface area contributed by atoms with E-state index in [1.165, 1.54) is 22.3 Å². The maximum absolute atomic E-state index is 4.51. The molecule has 2 aromatic carbocycles. The van der Waals surface area contributed by atoms with Crippen LogP contribution in [0.2, 0.25) is 0 Å². The first-order chi connectivity index (χ1) is 12.7. The number of nitrogens with zero attached hydrogens (tertiary/aromatic N) is 2. The Hall–Kier alpha value is -2.72. The zero-order chi connectivity index (χ0) is 17.9. The first-order valence-corrected chi connectivity index (χ1v) is 9.70. The first kappa shape index (κ1) is 16.7. The zero-order valence-electron chi connectivity index (χ0n) is 14.9. The molecule has 0 atom stereocenters. The zero-order valence-corrected chi connectivity index (χ0v) is 15.8. The number of nitrogens with one attached hydrogen (secondary N) is 1. The fourth-order valence-electron chi connectivity index (χ4n) is 3.05. The minimum atomic E-state index is 0.537. The van der Waals surface area contributed by atoms with Crippen LogP contribution in [0, 0.1) is 0 Å². The SMILES string of the molecule is CC(C)c1ccc(-c2csc3ncnc(NCc4ccccc4)c23)cc1. The molecule has 2 aromatic heterocycles. The monoisotopic (exact) mass is 359 g/mol. The summed E-state index contributed by atoms with van der Waals surface area (Å²) in [7, 11) is 0. The highest BCUT2D eigenvalue weighted by molar-refractivity contribution is 7.17. The van der Waals surface area contributed by atoms with E-state index in [0.717, 1.165) is 22.6 Å². The summed E-state index contributed by atoms with van der Waals surface area (Å²) >= 11 is 1.66. The average molecular weight is 359 g/mol. The second-order valence-corrected chi connectivity index (χ2v) is 7.53. The van der Waals surface area contributed by atoms with Gasteiger partial charge in [0, 0.05) is 17.5 Å². The lowest BCUT2D eigenvalue weighted by atomic mass is 9.99. The van der Waals surface area contributed by atoms with Crippen molar-refractivity contribution in [2.45, 2.75) is 26.3 Å². The van der Waals surface area contributed by atoms with Crippen LogP contribution in [-0.4, -0.2) is 9.97 Å². The number of rotatable bonds is 5. The minimum absolute atomic E-state index is 0.537. The molecule has 3 nitrogen and oxygen atoms in total. The molecule has 0 saturated carbocycles. The number of thiophene rings is 1. The summed E-state index contributed by atoms with van der Waals surface area (Å²) in [6.07, 6.45) is 1.64. The fraction of sp³-hybridized carbons (Fsp3) is 0.182. The molecule has 4 rings (SSSR count). The van der Waals surface area contributed by atoms with Crippen molar-refractivity contribution < 1.29 is 0 Å². The number of hydrogen-bond acceptors (Lipinski definition) is 4. The molecule has 0 spiro atoms. The molecule has 0 bridgehead atoms. The molecular formula is C22H21N3S. The maximum atomic E-state index is 4.51. The highest BCUT2D eigenvalue weighted by Gasteiger charge is 2.13. The predicted molar refractivity (Wildman–Crippen MR) is 111 cm³/mol. The van der Waals surface area contributed by atoms with E-state index in [-0.39, 0.29) is 0 Å². The highest BCUT2D eigenvalue weighted by atomic mass is 32.1. The van der Waals surface area contributed by atoms with Gasteiger partial charge in [-0.2, -0.15) is 0 Å². The maximum Gasteiger partial charge on any atom is 0.139 e. The van der Waals surface area contributed by atoms with E-state index in [4.69, 9.17) is 0 Å². The van der Waals surface area contributed by atoms with E-state index < -0.39 is 0 Å². The minimum Gasteiger partial charge on any atom is -0.365 e. The van der Waals surface area contributed by atoms with Gasteiger partial charge in [-0.3, -0.25) is 0 Å². The Morgan fingerprint density at radius 2 is 1.73 bits per heavy atom. The number of hydrogen-bond donors (Lipinski definition) is 1. The van der Waals surface area contributed by atoms with Gasteiger partial charge >= 0.3 is 0 Å². The summed E-state index contributed by atoms with van der Waals surface area (Å²) in [5, 5.41) is 6.77. The summed E-state index contributed by atoms with van der Waals surface area (Å²) in [6, 6.07) is 19.2. The number of fused-ring (bicyclic) bond motifs is 1. The number of aromatic nitrogens is 2. The van der Waals surface area contributed by atoms with Crippen molar-refractivity contribution in [3.05, 3.63) is 77.4 Å². The van der Waals surface area contributed by atoms with Crippen LogP contribution < -0.4 is 5.32 Å². The normalized spacial score (nSPS) is 11.2. The van der Waals surface area contributed by atoms with Crippen LogP contribution in [-0.2, 0) is 6.54 Å². The van der Waals surface area contributed by atoms with E-state index in [2.05, 4.69) is 83.0 Å². The predicted octanol–water partition coefficient (Wildman–Crippen LogP) is 6.09. The molecule has 0 unspecified atom stereocenters. The van der Waals surface area contributed by atoms with Gasteiger partial charge in [-0.25, -0.2) is 9.97 Å². The van der Waals surface area contributed by atoms with Crippen LogP contribution in [0.4, 0.5) is 5.82 Å². The van der Waals surface area contributed by atoms with Gasteiger partial charge in [-0.1, -0.05) is 68.4 Å². The van der Waals surface area contributed by atoms with Crippen LogP contribution in [0.5, 0.6) is 0 Å². The Morgan fingerprint density at radius 1 is 0.962 bits per heavy atom. The molecule has 0 aliphatic rings. The van der Waals surface area contributed by atoms with Crippen LogP contribution in [0.15, 0.2) is 66.3 Å². The second-order valence-electron chi connectivity index (χ2n) is 6.67. The van der Waals surface area contributed by atoms with Gasteiger partial charge in [-0.05, 0) is 22.6 Å². The molecule has 26 heavy (non-hydrogen) atoms. The van der Waals surface area contributed by atoms with E-state index in [0.29, 0.717) is 5.92 Å². The van der Waals surface area contributed by atoms with Crippen molar-refractivity contribution in [2.24, 2.45) is 0 Å². The van der Waals surface area contributed by atoms with Gasteiger partial charge in [0.1, 0.15) is 17.0 Å². The van der Waals surface area contributed by atoms with Gasteiger partial charge in [0.2, 0.25) is 0 Å². The number of anilines is 1. The van der Waals surface area contributed by atoms with Gasteiger partial charge < -0.3 is 5.32 Å². The molecular weight excluding hydrogens is 338 g/mol. The van der Waals surface area contributed by atoms with E-state index in [9.17, 15) is 0 Å². The molecule has 0 saturated heterocycles. The Morgan fingerprint density at radius 3 is 2.46 bits per heavy atom. The molecule has 0 fully saturated rings. The third-order valence-corrected chi connectivity index (χ3v) is 5.45. The first-order valence-electron chi connectivity index (χ1n) is 8.82. The standard InChI is InChI=1S/C22H21N3S/c1-15(2)17-8-10-18(11-9-17)19-13-26-22-20(19)21(24-14-25-22)23-12-16-6-4-3-5-7-16/h3-11,13-15H,12H2,1-2H3,(H,23,24,25). The van der Waals surface area contributed by atoms with Crippen LogP contribution in [0.25, 0.3) is 21.3 Å². The van der Waals surface area contributed by atoms with Crippen LogP contribution in [0.1, 0.15) is 30.9 Å². The Labute approximate surface area is 157 Å². The van der Waals surface area contributed by atoms with E-state index in [1.54, 1.807) is 17.7 Å². The molecule has 4 aromatic rings. The number of benzene rings is 2. The van der Waals surface area contributed by atoms with Crippen molar-refractivity contribution in [1.29, 1.82) is 0 Å². The molecule has 0 radical (unpaired) electrons. The Kier molecular flexibility index (Phi) is 4.67. The van der Waals surface area contributed by atoms with Crippen molar-refractivity contribution in [1.82, 2.24) is 9.97 Å². The summed E-state index contributed by atoms with van der Waals surface area (Å²) in [4.78, 5) is 9.98. The summed E-state index contributed by atoms with van der Waals surface area (Å²) in [6.45, 7) is 5.18. The summed E-state index contributed by atoms with van der Waals surface area (Å²) < 4.78 is 0. The summed E-state index contributed by atoms with van der Waals surface area (Å²) in [5.74, 6) is 1.43. The molecule has 0 aliphatic heterocycles. The average Bonchev–Trinajstić information content (AvgIpc) is 3.12. The van der Waals surface area contributed by atoms with Gasteiger partial charge in [-0.15, -0.1) is 11.3 Å². The summed E-state index contributed by atoms with van der Waals surface area (Å²) in [5.41, 5.74) is 4.99. The Bertz CT molecular complexity index is 1000. The molecule has 130 valence electrons. The van der Waals surface area contributed by atoms with Crippen molar-refractivity contribution >= 4 is 27.4 Å². The Balaban J connectivity index is 1.70. The smallest absolute Gasteiger partial charge is 0.139 e. The lowest BCUT2D eigenvalue weighted by Gasteiger charge is -2.10. The molecule has 2 heterocycles. The van der Waals surface area contributed by atoms with Crippen molar-refractivity contribution in [3.8, 4) is 11.1 Å². The largest absolute Gasteiger partial charge is 0.365 e. The van der Waals surface area contributed by atoms with Crippen molar-refractivity contribution in [2.75, 3.05) is 5.32 Å². The second kappa shape index (κ2) is 7.26. The third kappa shape index (κ3) is 3.33. The third-order valence-electron chi connectivity index (χ3n) is 4.56. The molecule has 0 amide bonds. The fourth-order valence-corrected chi connectivity index (χ4v) is 3.97. The topological polar surface area (TPSA) is 37.8 Å². The van der Waals surface area contributed by atoms with Crippen LogP contribution in [0.3, 0.4) is 0 Å². The van der Waals surface area contributed by atoms with Gasteiger partial charge in [0.25, 0.3) is 0 Å². The van der Waals surface area contributed by atoms with E-state index >= 15 is 0 Å². The molecule has 1 N–H and O–H groups in total. The van der Waals surface area contributed by atoms with E-state index in [1.807, 2.05) is 6.07 Å². The van der Waals surface area contributed by atoms with Crippen molar-refractivity contribution in [3.63, 3.8) is 0 Å². The molecule has 4 heteroatoms. The lowest BCUT2D eigenvalue weighted by Crippen LogP contribution is -2.02. The highest BCUT2D eigenvalue weighted by Crippen LogP contribution is 2.37. The van der Waals surface area contributed by atoms with Gasteiger partial charge in [0.15, 0.2) is 0 Å². The quantitative estimate of drug-likeness (QED) is 0.468. The van der Waals surface area contributed by atoms with Gasteiger partial charge in [0.05, 0.1) is 5.39 Å². The molecule has 0 aliphatic carbocycles. The van der Waals surface area contributed by atoms with Crippen LogP contribution >= 0.6 is 11.3 Å². The lowest BCUT2D eigenvalue weighted by molar-refractivity contribution is 0.867.